The Balaban J connectivity index is 1.92. The Kier molecular flexibility index (Phi) is 5.69. The molecule has 0 saturated carbocycles. The zero-order valence-electron chi connectivity index (χ0n) is 12.5. The minimum absolute atomic E-state index is 0.554. The first-order chi connectivity index (χ1) is 10.2. The van der Waals surface area contributed by atoms with Crippen molar-refractivity contribution in [1.82, 2.24) is 4.98 Å². The second-order valence-corrected chi connectivity index (χ2v) is 5.46. The monoisotopic (exact) mass is 299 g/mol. The molecule has 4 heteroatoms. The first-order valence-corrected chi connectivity index (χ1v) is 7.68. The molecule has 0 fully saturated rings. The minimum Gasteiger partial charge on any atom is -0.332 e. The van der Waals surface area contributed by atoms with Crippen molar-refractivity contribution in [3.05, 3.63) is 53.7 Å². The van der Waals surface area contributed by atoms with Crippen molar-refractivity contribution in [2.75, 3.05) is 10.6 Å². The summed E-state index contributed by atoms with van der Waals surface area (Å²) in [5, 5.41) is 6.85. The summed E-state index contributed by atoms with van der Waals surface area (Å²) in [6.45, 7) is 4.21. The third kappa shape index (κ3) is 4.83. The van der Waals surface area contributed by atoms with E-state index in [9.17, 15) is 0 Å². The average Bonchev–Trinajstić information content (AvgIpc) is 2.49. The molecule has 2 rings (SSSR count). The van der Waals surface area contributed by atoms with E-state index in [2.05, 4.69) is 46.8 Å². The number of hydrogen-bond donors (Lipinski definition) is 2. The number of rotatable bonds is 5. The molecule has 0 aliphatic carbocycles. The number of aromatic nitrogens is 1. The molecule has 2 N–H and O–H groups in total. The molecule has 0 amide bonds. The Labute approximate surface area is 131 Å². The minimum atomic E-state index is 0.554. The molecule has 1 aromatic heterocycles. The Hall–Kier alpha value is -1.94. The first kappa shape index (κ1) is 15.4. The van der Waals surface area contributed by atoms with Crippen LogP contribution in [0.3, 0.4) is 0 Å². The molecule has 2 aromatic rings. The quantitative estimate of drug-likeness (QED) is 0.795. The van der Waals surface area contributed by atoms with Crippen molar-refractivity contribution < 1.29 is 0 Å². The van der Waals surface area contributed by atoms with Gasteiger partial charge in [0, 0.05) is 11.9 Å². The Bertz CT molecular complexity index is 593. The van der Waals surface area contributed by atoms with Gasteiger partial charge in [-0.25, -0.2) is 4.98 Å². The fraction of sp³-hybridized carbons (Fsp3) is 0.294. The van der Waals surface area contributed by atoms with E-state index in [0.29, 0.717) is 5.11 Å². The smallest absolute Gasteiger partial charge is 0.176 e. The van der Waals surface area contributed by atoms with Crippen LogP contribution < -0.4 is 10.6 Å². The van der Waals surface area contributed by atoms with Gasteiger partial charge in [-0.2, -0.15) is 0 Å². The Morgan fingerprint density at radius 3 is 2.57 bits per heavy atom. The van der Waals surface area contributed by atoms with Crippen molar-refractivity contribution in [2.45, 2.75) is 33.1 Å². The van der Waals surface area contributed by atoms with Crippen LogP contribution in [0.4, 0.5) is 11.5 Å². The van der Waals surface area contributed by atoms with Crippen LogP contribution in [0.2, 0.25) is 0 Å². The predicted molar refractivity (Wildman–Crippen MR) is 93.9 cm³/mol. The predicted octanol–water partition coefficient (Wildman–Crippen LogP) is 4.54. The van der Waals surface area contributed by atoms with E-state index in [-0.39, 0.29) is 0 Å². The standard InChI is InChI=1S/C17H21N3S/c1-3-4-7-14-8-10-15(11-9-14)19-17(21)20-16-13(2)6-5-12-18-16/h5-6,8-12H,3-4,7H2,1-2H3,(H2,18,19,20,21). The summed E-state index contributed by atoms with van der Waals surface area (Å²) >= 11 is 5.32. The molecule has 0 spiro atoms. The van der Waals surface area contributed by atoms with Gasteiger partial charge in [0.2, 0.25) is 0 Å². The molecule has 3 nitrogen and oxygen atoms in total. The lowest BCUT2D eigenvalue weighted by Gasteiger charge is -2.11. The second kappa shape index (κ2) is 7.74. The van der Waals surface area contributed by atoms with Crippen LogP contribution in [-0.2, 0) is 6.42 Å². The molecule has 0 bridgehead atoms. The molecule has 110 valence electrons. The number of anilines is 2. The van der Waals surface area contributed by atoms with Gasteiger partial charge in [-0.05, 0) is 61.3 Å². The first-order valence-electron chi connectivity index (χ1n) is 7.27. The third-order valence-corrected chi connectivity index (χ3v) is 3.48. The summed E-state index contributed by atoms with van der Waals surface area (Å²) in [4.78, 5) is 4.27. The van der Waals surface area contributed by atoms with Gasteiger partial charge in [0.1, 0.15) is 5.82 Å². The van der Waals surface area contributed by atoms with Crippen molar-refractivity contribution in [3.8, 4) is 0 Å². The molecule has 0 aliphatic rings. The van der Waals surface area contributed by atoms with Crippen molar-refractivity contribution >= 4 is 28.8 Å². The van der Waals surface area contributed by atoms with Gasteiger partial charge in [-0.3, -0.25) is 0 Å². The summed E-state index contributed by atoms with van der Waals surface area (Å²) in [5.41, 5.74) is 3.42. The van der Waals surface area contributed by atoms with E-state index in [4.69, 9.17) is 12.2 Å². The molecular formula is C17H21N3S. The number of aryl methyl sites for hydroxylation is 2. The van der Waals surface area contributed by atoms with Crippen LogP contribution in [-0.4, -0.2) is 10.1 Å². The summed E-state index contributed by atoms with van der Waals surface area (Å²) < 4.78 is 0. The number of nitrogens with zero attached hydrogens (tertiary/aromatic N) is 1. The second-order valence-electron chi connectivity index (χ2n) is 5.05. The van der Waals surface area contributed by atoms with Crippen molar-refractivity contribution in [3.63, 3.8) is 0 Å². The molecule has 0 aliphatic heterocycles. The number of unbranched alkanes of at least 4 members (excludes halogenated alkanes) is 1. The Morgan fingerprint density at radius 1 is 1.14 bits per heavy atom. The lowest BCUT2D eigenvalue weighted by Crippen LogP contribution is -2.20. The molecular weight excluding hydrogens is 278 g/mol. The molecule has 0 saturated heterocycles. The van der Waals surface area contributed by atoms with Crippen molar-refractivity contribution in [1.29, 1.82) is 0 Å². The third-order valence-electron chi connectivity index (χ3n) is 3.27. The number of thiocarbonyl (C=S) groups is 1. The highest BCUT2D eigenvalue weighted by molar-refractivity contribution is 7.80. The van der Waals surface area contributed by atoms with Crippen LogP contribution >= 0.6 is 12.2 Å². The fourth-order valence-electron chi connectivity index (χ4n) is 2.02. The summed E-state index contributed by atoms with van der Waals surface area (Å²) in [7, 11) is 0. The topological polar surface area (TPSA) is 37.0 Å². The SMILES string of the molecule is CCCCc1ccc(NC(=S)Nc2ncccc2C)cc1. The summed E-state index contributed by atoms with van der Waals surface area (Å²) in [6.07, 6.45) is 5.33. The number of pyridine rings is 1. The molecule has 1 aromatic carbocycles. The highest BCUT2D eigenvalue weighted by Crippen LogP contribution is 2.13. The maximum Gasteiger partial charge on any atom is 0.176 e. The largest absolute Gasteiger partial charge is 0.332 e. The highest BCUT2D eigenvalue weighted by atomic mass is 32.1. The normalized spacial score (nSPS) is 10.2. The van der Waals surface area contributed by atoms with Gasteiger partial charge in [-0.15, -0.1) is 0 Å². The van der Waals surface area contributed by atoms with Crippen molar-refractivity contribution in [2.24, 2.45) is 0 Å². The maximum atomic E-state index is 5.32. The Morgan fingerprint density at radius 2 is 1.90 bits per heavy atom. The molecule has 21 heavy (non-hydrogen) atoms. The van der Waals surface area contributed by atoms with Gasteiger partial charge >= 0.3 is 0 Å². The number of hydrogen-bond acceptors (Lipinski definition) is 2. The van der Waals surface area contributed by atoms with Gasteiger partial charge < -0.3 is 10.6 Å². The van der Waals surface area contributed by atoms with Crippen LogP contribution in [0.15, 0.2) is 42.6 Å². The van der Waals surface area contributed by atoms with Gasteiger partial charge in [0.05, 0.1) is 0 Å². The van der Waals surface area contributed by atoms with E-state index >= 15 is 0 Å². The van der Waals surface area contributed by atoms with Gasteiger partial charge in [0.15, 0.2) is 5.11 Å². The van der Waals surface area contributed by atoms with Crippen LogP contribution in [0, 0.1) is 6.92 Å². The van der Waals surface area contributed by atoms with E-state index in [0.717, 1.165) is 23.5 Å². The van der Waals surface area contributed by atoms with Crippen LogP contribution in [0.1, 0.15) is 30.9 Å². The average molecular weight is 299 g/mol. The molecule has 0 unspecified atom stereocenters. The summed E-state index contributed by atoms with van der Waals surface area (Å²) in [6, 6.07) is 12.3. The lowest BCUT2D eigenvalue weighted by atomic mass is 10.1. The lowest BCUT2D eigenvalue weighted by molar-refractivity contribution is 0.795. The van der Waals surface area contributed by atoms with E-state index in [1.807, 2.05) is 19.1 Å². The number of nitrogens with one attached hydrogen (secondary N) is 2. The van der Waals surface area contributed by atoms with E-state index in [1.165, 1.54) is 18.4 Å². The van der Waals surface area contributed by atoms with Gasteiger partial charge in [0.25, 0.3) is 0 Å². The zero-order valence-corrected chi connectivity index (χ0v) is 13.3. The van der Waals surface area contributed by atoms with Crippen LogP contribution in [0.5, 0.6) is 0 Å². The van der Waals surface area contributed by atoms with E-state index < -0.39 is 0 Å². The molecule has 0 radical (unpaired) electrons. The highest BCUT2D eigenvalue weighted by Gasteiger charge is 2.02. The maximum absolute atomic E-state index is 5.32. The zero-order chi connectivity index (χ0) is 15.1. The molecule has 1 heterocycles. The van der Waals surface area contributed by atoms with Crippen LogP contribution in [0.25, 0.3) is 0 Å². The number of benzene rings is 1. The summed E-state index contributed by atoms with van der Waals surface area (Å²) in [5.74, 6) is 0.787. The van der Waals surface area contributed by atoms with Gasteiger partial charge in [-0.1, -0.05) is 31.5 Å². The van der Waals surface area contributed by atoms with E-state index in [1.54, 1.807) is 6.20 Å². The molecule has 0 atom stereocenters. The fourth-order valence-corrected chi connectivity index (χ4v) is 2.24.